The fourth-order valence-electron chi connectivity index (χ4n) is 5.29. The summed E-state index contributed by atoms with van der Waals surface area (Å²) in [5, 5.41) is 9.30. The van der Waals surface area contributed by atoms with Gasteiger partial charge in [-0.05, 0) is 61.1 Å². The van der Waals surface area contributed by atoms with E-state index in [0.717, 1.165) is 37.3 Å². The number of likely N-dealkylation sites (tertiary alicyclic amines) is 1. The number of alkyl halides is 1. The smallest absolute Gasteiger partial charge is 0.261 e. The molecule has 1 saturated carbocycles. The van der Waals surface area contributed by atoms with E-state index in [1.807, 2.05) is 0 Å². The molecule has 1 aliphatic carbocycles. The zero-order valence-corrected chi connectivity index (χ0v) is 20.1. The van der Waals surface area contributed by atoms with Crippen molar-refractivity contribution in [3.63, 3.8) is 0 Å². The molecule has 8 nitrogen and oxygen atoms in total. The van der Waals surface area contributed by atoms with Gasteiger partial charge in [0, 0.05) is 26.2 Å². The van der Waals surface area contributed by atoms with E-state index in [0.29, 0.717) is 29.6 Å². The molecule has 2 aromatic rings. The molecule has 3 heterocycles. The fourth-order valence-corrected chi connectivity index (χ4v) is 5.29. The first-order chi connectivity index (χ1) is 17.0. The maximum atomic E-state index is 14.5. The van der Waals surface area contributed by atoms with Crippen LogP contribution >= 0.6 is 0 Å². The van der Waals surface area contributed by atoms with Gasteiger partial charge in [-0.15, -0.1) is 0 Å². The first-order valence-electron chi connectivity index (χ1n) is 12.5. The Bertz CT molecular complexity index is 991. The summed E-state index contributed by atoms with van der Waals surface area (Å²) in [7, 11) is 1.62. The number of ether oxygens (including phenoxy) is 2. The Hall–Kier alpha value is -2.94. The average molecular weight is 485 g/mol. The molecule has 1 aromatic carbocycles. The Morgan fingerprint density at radius 2 is 1.83 bits per heavy atom. The number of halogens is 1. The van der Waals surface area contributed by atoms with Crippen molar-refractivity contribution in [2.75, 3.05) is 44.8 Å². The van der Waals surface area contributed by atoms with Crippen molar-refractivity contribution in [2.24, 2.45) is 17.8 Å². The van der Waals surface area contributed by atoms with Gasteiger partial charge in [-0.2, -0.15) is 0 Å². The SMILES string of the molecule is COc1cnc(N2CCC([C@H]3C[C@H]3CCOc3ccc(C(F)C(=O)N4CC(O)C4)cc3)CC2)nc1. The number of aliphatic hydroxyl groups excluding tert-OH is 1. The lowest BCUT2D eigenvalue weighted by molar-refractivity contribution is -0.147. The minimum absolute atomic E-state index is 0.207. The largest absolute Gasteiger partial charge is 0.494 e. The van der Waals surface area contributed by atoms with Gasteiger partial charge in [-0.1, -0.05) is 12.1 Å². The molecular weight excluding hydrogens is 451 g/mol. The number of methoxy groups -OCH3 is 1. The van der Waals surface area contributed by atoms with Crippen LogP contribution in [0.5, 0.6) is 11.5 Å². The van der Waals surface area contributed by atoms with E-state index in [2.05, 4.69) is 14.9 Å². The summed E-state index contributed by atoms with van der Waals surface area (Å²) in [5.74, 6) is 3.79. The number of carbonyl (C=O) groups is 1. The molecule has 1 N–H and O–H groups in total. The number of hydrogen-bond donors (Lipinski definition) is 1. The standard InChI is InChI=1S/C26H33FN4O4/c1-34-22-13-28-26(29-14-22)30-9-6-17(7-10-30)23-12-19(23)8-11-35-21-4-2-18(3-5-21)24(27)25(33)31-15-20(32)16-31/h2-5,13-14,17,19-20,23-24,32H,6-12,15-16H2,1H3/t19-,23-,24?/m1/s1. The van der Waals surface area contributed by atoms with Crippen LogP contribution in [0.25, 0.3) is 0 Å². The number of amides is 1. The van der Waals surface area contributed by atoms with Gasteiger partial charge in [-0.25, -0.2) is 14.4 Å². The number of anilines is 1. The normalized spacial score (nSPS) is 23.5. The van der Waals surface area contributed by atoms with E-state index in [9.17, 15) is 14.3 Å². The number of hydrogen-bond acceptors (Lipinski definition) is 7. The molecule has 2 aliphatic heterocycles. The molecule has 0 radical (unpaired) electrons. The number of piperidine rings is 1. The van der Waals surface area contributed by atoms with Crippen LogP contribution in [-0.2, 0) is 4.79 Å². The highest BCUT2D eigenvalue weighted by molar-refractivity contribution is 5.83. The molecule has 35 heavy (non-hydrogen) atoms. The summed E-state index contributed by atoms with van der Waals surface area (Å²) in [6.07, 6.45) is 5.82. The van der Waals surface area contributed by atoms with Gasteiger partial charge in [0.15, 0.2) is 5.75 Å². The van der Waals surface area contributed by atoms with Crippen LogP contribution in [0, 0.1) is 17.8 Å². The van der Waals surface area contributed by atoms with E-state index in [1.165, 1.54) is 24.2 Å². The van der Waals surface area contributed by atoms with Crippen LogP contribution in [0.15, 0.2) is 36.7 Å². The van der Waals surface area contributed by atoms with Crippen LogP contribution < -0.4 is 14.4 Å². The van der Waals surface area contributed by atoms with E-state index in [-0.39, 0.29) is 13.1 Å². The second-order valence-electron chi connectivity index (χ2n) is 9.87. The highest BCUT2D eigenvalue weighted by atomic mass is 19.1. The topological polar surface area (TPSA) is 88.0 Å². The molecule has 188 valence electrons. The maximum absolute atomic E-state index is 14.5. The van der Waals surface area contributed by atoms with Crippen molar-refractivity contribution in [1.82, 2.24) is 14.9 Å². The van der Waals surface area contributed by atoms with Crippen LogP contribution in [0.4, 0.5) is 10.3 Å². The Morgan fingerprint density at radius 1 is 1.14 bits per heavy atom. The summed E-state index contributed by atoms with van der Waals surface area (Å²) in [6, 6.07) is 6.66. The lowest BCUT2D eigenvalue weighted by Crippen LogP contribution is -2.54. The third-order valence-corrected chi connectivity index (χ3v) is 7.58. The minimum Gasteiger partial charge on any atom is -0.494 e. The molecule has 3 fully saturated rings. The van der Waals surface area contributed by atoms with Crippen molar-refractivity contribution in [3.05, 3.63) is 42.2 Å². The maximum Gasteiger partial charge on any atom is 0.261 e. The second-order valence-corrected chi connectivity index (χ2v) is 9.87. The second kappa shape index (κ2) is 10.4. The third kappa shape index (κ3) is 5.50. The summed E-state index contributed by atoms with van der Waals surface area (Å²) in [6.45, 7) is 3.03. The molecule has 1 unspecified atom stereocenters. The Morgan fingerprint density at radius 3 is 2.46 bits per heavy atom. The van der Waals surface area contributed by atoms with Crippen LogP contribution in [0.3, 0.4) is 0 Å². The quantitative estimate of drug-likeness (QED) is 0.585. The highest BCUT2D eigenvalue weighted by Gasteiger charge is 2.43. The van der Waals surface area contributed by atoms with Gasteiger partial charge in [0.25, 0.3) is 5.91 Å². The predicted molar refractivity (Wildman–Crippen MR) is 128 cm³/mol. The van der Waals surface area contributed by atoms with E-state index in [1.54, 1.807) is 43.8 Å². The van der Waals surface area contributed by atoms with Gasteiger partial charge in [0.2, 0.25) is 12.1 Å². The van der Waals surface area contributed by atoms with Crippen molar-refractivity contribution >= 4 is 11.9 Å². The van der Waals surface area contributed by atoms with Gasteiger partial charge in [0.05, 0.1) is 32.2 Å². The first kappa shape index (κ1) is 23.8. The fraction of sp³-hybridized carbons (Fsp3) is 0.577. The van der Waals surface area contributed by atoms with Crippen molar-refractivity contribution in [1.29, 1.82) is 0 Å². The Balaban J connectivity index is 1.01. The van der Waals surface area contributed by atoms with E-state index in [4.69, 9.17) is 9.47 Å². The zero-order valence-electron chi connectivity index (χ0n) is 20.1. The van der Waals surface area contributed by atoms with E-state index < -0.39 is 18.2 Å². The summed E-state index contributed by atoms with van der Waals surface area (Å²) in [5.41, 5.74) is 0.317. The monoisotopic (exact) mass is 484 g/mol. The average Bonchev–Trinajstić information content (AvgIpc) is 3.66. The molecule has 0 bridgehead atoms. The minimum atomic E-state index is -1.70. The lowest BCUT2D eigenvalue weighted by Gasteiger charge is -2.36. The zero-order chi connectivity index (χ0) is 24.4. The third-order valence-electron chi connectivity index (χ3n) is 7.58. The van der Waals surface area contributed by atoms with Gasteiger partial charge in [0.1, 0.15) is 5.75 Å². The molecule has 0 spiro atoms. The molecule has 3 aliphatic rings. The number of benzene rings is 1. The predicted octanol–water partition coefficient (Wildman–Crippen LogP) is 3.02. The molecule has 3 atom stereocenters. The molecular formula is C26H33FN4O4. The number of aliphatic hydroxyl groups is 1. The Labute approximate surface area is 205 Å². The number of β-amino-alcohol motifs (C(OH)–C–C–N with tert-alkyl or cyclic N) is 1. The number of carbonyl (C=O) groups excluding carboxylic acids is 1. The van der Waals surface area contributed by atoms with Crippen LogP contribution in [0.1, 0.15) is 37.4 Å². The molecule has 1 amide bonds. The summed E-state index contributed by atoms with van der Waals surface area (Å²) in [4.78, 5) is 24.5. The highest BCUT2D eigenvalue weighted by Crippen LogP contribution is 2.49. The molecule has 1 aromatic heterocycles. The van der Waals surface area contributed by atoms with E-state index >= 15 is 0 Å². The Kier molecular flexibility index (Phi) is 7.04. The summed E-state index contributed by atoms with van der Waals surface area (Å²) < 4.78 is 25.5. The first-order valence-corrected chi connectivity index (χ1v) is 12.5. The van der Waals surface area contributed by atoms with Crippen molar-refractivity contribution < 1.29 is 23.8 Å². The number of nitrogens with zero attached hydrogens (tertiary/aromatic N) is 4. The molecule has 9 heteroatoms. The van der Waals surface area contributed by atoms with Crippen LogP contribution in [0.2, 0.25) is 0 Å². The number of aromatic nitrogens is 2. The summed E-state index contributed by atoms with van der Waals surface area (Å²) >= 11 is 0. The van der Waals surface area contributed by atoms with Gasteiger partial charge < -0.3 is 24.4 Å². The van der Waals surface area contributed by atoms with Crippen molar-refractivity contribution in [3.8, 4) is 11.5 Å². The number of rotatable bonds is 9. The molecule has 5 rings (SSSR count). The van der Waals surface area contributed by atoms with Crippen molar-refractivity contribution in [2.45, 2.75) is 38.0 Å². The van der Waals surface area contributed by atoms with Crippen LogP contribution in [-0.4, -0.2) is 71.9 Å². The van der Waals surface area contributed by atoms with Gasteiger partial charge >= 0.3 is 0 Å². The van der Waals surface area contributed by atoms with Gasteiger partial charge in [-0.3, -0.25) is 4.79 Å². The molecule has 2 saturated heterocycles. The lowest BCUT2D eigenvalue weighted by atomic mass is 9.90.